The van der Waals surface area contributed by atoms with Gasteiger partial charge in [-0.2, -0.15) is 0 Å². The quantitative estimate of drug-likeness (QED) is 0.0244. The number of ether oxygens (including phenoxy) is 1. The van der Waals surface area contributed by atoms with E-state index in [2.05, 4.69) is 86.8 Å². The average molecular weight is 925 g/mol. The van der Waals surface area contributed by atoms with Gasteiger partial charge in [0.2, 0.25) is 5.91 Å². The zero-order valence-corrected chi connectivity index (χ0v) is 43.8. The maximum Gasteiger partial charge on any atom is 0.306 e. The van der Waals surface area contributed by atoms with Gasteiger partial charge in [-0.1, -0.05) is 248 Å². The Morgan fingerprint density at radius 1 is 0.455 bits per heavy atom. The maximum atomic E-state index is 13.2. The van der Waals surface area contributed by atoms with Crippen molar-refractivity contribution in [3.8, 4) is 0 Å². The Balaban J connectivity index is 4.62. The van der Waals surface area contributed by atoms with Crippen LogP contribution in [-0.4, -0.2) is 46.9 Å². The van der Waals surface area contributed by atoms with E-state index in [4.69, 9.17) is 4.74 Å². The predicted molar refractivity (Wildman–Crippen MR) is 287 cm³/mol. The summed E-state index contributed by atoms with van der Waals surface area (Å²) in [7, 11) is 0. The van der Waals surface area contributed by atoms with Crippen LogP contribution in [0.3, 0.4) is 0 Å². The Kier molecular flexibility index (Phi) is 51.5. The molecule has 0 aromatic rings. The number of unbranched alkanes of at least 4 members (excludes halogenated alkanes) is 31. The molecule has 3 N–H and O–H groups in total. The van der Waals surface area contributed by atoms with Crippen LogP contribution in [-0.2, 0) is 14.3 Å². The van der Waals surface area contributed by atoms with Crippen molar-refractivity contribution in [3.05, 3.63) is 60.8 Å². The van der Waals surface area contributed by atoms with Gasteiger partial charge in [-0.05, 0) is 83.5 Å². The number of aliphatic hydroxyl groups is 2. The highest BCUT2D eigenvalue weighted by Crippen LogP contribution is 2.18. The summed E-state index contributed by atoms with van der Waals surface area (Å²) in [4.78, 5) is 26.3. The molecule has 0 spiro atoms. The van der Waals surface area contributed by atoms with Crippen molar-refractivity contribution in [2.75, 3.05) is 6.61 Å². The monoisotopic (exact) mass is 924 g/mol. The lowest BCUT2D eigenvalue weighted by Gasteiger charge is -2.24. The minimum atomic E-state index is -0.799. The molecule has 0 radical (unpaired) electrons. The number of amides is 1. The maximum absolute atomic E-state index is 13.2. The molecule has 0 fully saturated rings. The summed E-state index contributed by atoms with van der Waals surface area (Å²) in [6, 6.07) is -0.715. The lowest BCUT2D eigenvalue weighted by molar-refractivity contribution is -0.151. The van der Waals surface area contributed by atoms with Crippen molar-refractivity contribution in [3.63, 3.8) is 0 Å². The summed E-state index contributed by atoms with van der Waals surface area (Å²) in [5.74, 6) is -0.505. The number of carbonyl (C=O) groups is 2. The van der Waals surface area contributed by atoms with E-state index in [1.54, 1.807) is 0 Å². The molecule has 0 heterocycles. The van der Waals surface area contributed by atoms with Gasteiger partial charge in [-0.15, -0.1) is 0 Å². The second kappa shape index (κ2) is 53.5. The van der Waals surface area contributed by atoms with Gasteiger partial charge in [0.05, 0.1) is 25.2 Å². The van der Waals surface area contributed by atoms with E-state index in [0.29, 0.717) is 19.3 Å². The first-order chi connectivity index (χ1) is 32.5. The number of nitrogens with one attached hydrogen (secondary N) is 1. The Morgan fingerprint density at radius 3 is 1.32 bits per heavy atom. The van der Waals surface area contributed by atoms with Crippen molar-refractivity contribution < 1.29 is 24.5 Å². The van der Waals surface area contributed by atoms with Crippen LogP contribution in [0.1, 0.15) is 284 Å². The number of carbonyl (C=O) groups excluding carboxylic acids is 2. The minimum absolute atomic E-state index is 0.0529. The molecule has 3 atom stereocenters. The lowest BCUT2D eigenvalue weighted by Crippen LogP contribution is -2.46. The van der Waals surface area contributed by atoms with Gasteiger partial charge in [-0.3, -0.25) is 9.59 Å². The third-order valence-electron chi connectivity index (χ3n) is 12.9. The van der Waals surface area contributed by atoms with E-state index in [1.165, 1.54) is 161 Å². The van der Waals surface area contributed by atoms with Crippen LogP contribution in [0.15, 0.2) is 60.8 Å². The molecule has 3 unspecified atom stereocenters. The van der Waals surface area contributed by atoms with E-state index in [0.717, 1.165) is 77.0 Å². The number of hydrogen-bond acceptors (Lipinski definition) is 5. The molecule has 384 valence electrons. The summed E-state index contributed by atoms with van der Waals surface area (Å²) < 4.78 is 5.94. The molecular weight excluding hydrogens is 815 g/mol. The zero-order chi connectivity index (χ0) is 48.1. The summed E-state index contributed by atoms with van der Waals surface area (Å²) in [6.07, 6.45) is 67.1. The van der Waals surface area contributed by atoms with Crippen molar-refractivity contribution >= 4 is 11.9 Å². The molecule has 1 amide bonds. The largest absolute Gasteiger partial charge is 0.462 e. The molecule has 0 aliphatic rings. The van der Waals surface area contributed by atoms with E-state index in [9.17, 15) is 19.8 Å². The van der Waals surface area contributed by atoms with Gasteiger partial charge < -0.3 is 20.3 Å². The number of aliphatic hydroxyl groups excluding tert-OH is 2. The first-order valence-electron chi connectivity index (χ1n) is 28.5. The van der Waals surface area contributed by atoms with Crippen LogP contribution >= 0.6 is 0 Å². The Bertz CT molecular complexity index is 1170. The lowest BCUT2D eigenvalue weighted by atomic mass is 10.0. The van der Waals surface area contributed by atoms with Crippen LogP contribution < -0.4 is 5.32 Å². The van der Waals surface area contributed by atoms with Gasteiger partial charge in [-0.25, -0.2) is 0 Å². The molecule has 6 nitrogen and oxygen atoms in total. The molecule has 66 heavy (non-hydrogen) atoms. The van der Waals surface area contributed by atoms with Crippen LogP contribution in [0.5, 0.6) is 0 Å². The average Bonchev–Trinajstić information content (AvgIpc) is 3.31. The van der Waals surface area contributed by atoms with Crippen molar-refractivity contribution in [2.24, 2.45) is 0 Å². The second-order valence-electron chi connectivity index (χ2n) is 19.4. The van der Waals surface area contributed by atoms with Gasteiger partial charge in [0.15, 0.2) is 0 Å². The van der Waals surface area contributed by atoms with Crippen molar-refractivity contribution in [1.29, 1.82) is 0 Å². The molecule has 6 heteroatoms. The second-order valence-corrected chi connectivity index (χ2v) is 19.4. The van der Waals surface area contributed by atoms with Crippen LogP contribution in [0.4, 0.5) is 0 Å². The number of allylic oxidation sites excluding steroid dienone is 10. The SMILES string of the molecule is CCCCC/C=C\C/C=C\CCCCCCCCCCCC(=O)OC(CCCCC/C=C/C=C/C=C/CCCCCCC)CC(=O)NC(CO)C(O)CCCCCCCCCCCCCC. The normalized spacial score (nSPS) is 13.6. The molecular formula is C60H109NO5. The number of esters is 1. The fourth-order valence-electron chi connectivity index (χ4n) is 8.52. The molecule has 0 aliphatic carbocycles. The molecule has 0 aliphatic heterocycles. The van der Waals surface area contributed by atoms with Gasteiger partial charge in [0.1, 0.15) is 6.10 Å². The van der Waals surface area contributed by atoms with Crippen LogP contribution in [0, 0.1) is 0 Å². The molecule has 0 bridgehead atoms. The third kappa shape index (κ3) is 48.0. The molecule has 0 aromatic heterocycles. The zero-order valence-electron chi connectivity index (χ0n) is 43.8. The smallest absolute Gasteiger partial charge is 0.306 e. The highest BCUT2D eigenvalue weighted by Gasteiger charge is 2.24. The fourth-order valence-corrected chi connectivity index (χ4v) is 8.52. The first-order valence-corrected chi connectivity index (χ1v) is 28.5. The Hall–Kier alpha value is -2.44. The Morgan fingerprint density at radius 2 is 0.833 bits per heavy atom. The summed E-state index contributed by atoms with van der Waals surface area (Å²) in [6.45, 7) is 6.45. The Labute approximate surface area is 409 Å². The summed E-state index contributed by atoms with van der Waals surface area (Å²) >= 11 is 0. The van der Waals surface area contributed by atoms with Crippen LogP contribution in [0.25, 0.3) is 0 Å². The van der Waals surface area contributed by atoms with E-state index >= 15 is 0 Å². The van der Waals surface area contributed by atoms with Crippen LogP contribution in [0.2, 0.25) is 0 Å². The summed E-state index contributed by atoms with van der Waals surface area (Å²) in [5.41, 5.74) is 0. The topological polar surface area (TPSA) is 95.9 Å². The highest BCUT2D eigenvalue weighted by atomic mass is 16.5. The summed E-state index contributed by atoms with van der Waals surface area (Å²) in [5, 5.41) is 23.8. The standard InChI is InChI=1S/C60H109NO5/c1-4-7-10-13-16-19-22-25-27-29-30-31-33-35-38-41-44-47-50-53-60(65)66-56(51-48-45-42-39-36-34-32-28-26-23-20-17-14-11-8-5-2)54-59(64)61-57(55-62)58(63)52-49-46-43-40-37-24-21-18-15-12-9-6-3/h16,19,23,25-28,32,34,36,56-58,62-63H,4-15,17-18,20-22,24,29-31,33,35,37-55H2,1-3H3,(H,61,64)/b19-16-,26-23+,27-25-,32-28+,36-34+. The number of hydrogen-bond donors (Lipinski definition) is 3. The molecule has 0 aromatic carbocycles. The van der Waals surface area contributed by atoms with Crippen molar-refractivity contribution in [1.82, 2.24) is 5.32 Å². The predicted octanol–water partition coefficient (Wildman–Crippen LogP) is 17.6. The van der Waals surface area contributed by atoms with Gasteiger partial charge >= 0.3 is 5.97 Å². The van der Waals surface area contributed by atoms with E-state index < -0.39 is 18.2 Å². The highest BCUT2D eigenvalue weighted by molar-refractivity contribution is 5.77. The van der Waals surface area contributed by atoms with Gasteiger partial charge in [0.25, 0.3) is 0 Å². The molecule has 0 rings (SSSR count). The third-order valence-corrected chi connectivity index (χ3v) is 12.9. The van der Waals surface area contributed by atoms with Gasteiger partial charge in [0, 0.05) is 6.42 Å². The first kappa shape index (κ1) is 63.6. The van der Waals surface area contributed by atoms with E-state index in [-0.39, 0.29) is 24.9 Å². The molecule has 0 saturated heterocycles. The fraction of sp³-hybridized carbons (Fsp3) is 0.800. The van der Waals surface area contributed by atoms with Crippen molar-refractivity contribution in [2.45, 2.75) is 302 Å². The van der Waals surface area contributed by atoms with E-state index in [1.807, 2.05) is 0 Å². The number of rotatable bonds is 51. The minimum Gasteiger partial charge on any atom is -0.462 e. The molecule has 0 saturated carbocycles.